The van der Waals surface area contributed by atoms with E-state index in [4.69, 9.17) is 0 Å². The smallest absolute Gasteiger partial charge is 0.262 e. The number of hydrogen-bond donors (Lipinski definition) is 3. The molecule has 170 valence electrons. The summed E-state index contributed by atoms with van der Waals surface area (Å²) in [6.07, 6.45) is 3.46. The monoisotopic (exact) mass is 456 g/mol. The van der Waals surface area contributed by atoms with Crippen molar-refractivity contribution < 1.29 is 18.0 Å². The first-order valence-corrected chi connectivity index (χ1v) is 12.0. The molecule has 1 aliphatic heterocycles. The van der Waals surface area contributed by atoms with Gasteiger partial charge < -0.3 is 10.6 Å². The van der Waals surface area contributed by atoms with Gasteiger partial charge in [-0.1, -0.05) is 29.7 Å². The summed E-state index contributed by atoms with van der Waals surface area (Å²) in [4.78, 5) is 28.9. The molecule has 0 spiro atoms. The highest BCUT2D eigenvalue weighted by Crippen LogP contribution is 2.16. The average molecular weight is 457 g/mol. The van der Waals surface area contributed by atoms with Gasteiger partial charge in [-0.15, -0.1) is 0 Å². The number of carbonyl (C=O) groups is 2. The Morgan fingerprint density at radius 3 is 2.50 bits per heavy atom. The van der Waals surface area contributed by atoms with E-state index in [9.17, 15) is 18.0 Å². The topological polar surface area (TPSA) is 117 Å². The zero-order valence-electron chi connectivity index (χ0n) is 18.3. The van der Waals surface area contributed by atoms with Crippen LogP contribution in [0.4, 0.5) is 5.69 Å². The summed E-state index contributed by atoms with van der Waals surface area (Å²) < 4.78 is 28.0. The highest BCUT2D eigenvalue weighted by Gasteiger charge is 2.18. The second-order valence-electron chi connectivity index (χ2n) is 7.88. The van der Waals surface area contributed by atoms with Crippen molar-refractivity contribution >= 4 is 33.4 Å². The summed E-state index contributed by atoms with van der Waals surface area (Å²) in [6, 6.07) is 11.4. The summed E-state index contributed by atoms with van der Waals surface area (Å²) in [5.74, 6) is -0.346. The molecular weight excluding hydrogens is 428 g/mol. The van der Waals surface area contributed by atoms with Gasteiger partial charge in [0.25, 0.3) is 15.9 Å². The van der Waals surface area contributed by atoms with Gasteiger partial charge in [0.15, 0.2) is 0 Å². The second kappa shape index (κ2) is 10.4. The van der Waals surface area contributed by atoms with Crippen LogP contribution in [0, 0.1) is 13.8 Å². The van der Waals surface area contributed by atoms with E-state index in [1.54, 1.807) is 24.3 Å². The van der Waals surface area contributed by atoms with Gasteiger partial charge in [-0.3, -0.25) is 19.3 Å². The number of carbonyl (C=O) groups excluding carboxylic acids is 2. The number of rotatable bonds is 6. The van der Waals surface area contributed by atoms with E-state index in [1.807, 2.05) is 19.9 Å². The number of hydrogen-bond acceptors (Lipinski definition) is 5. The minimum atomic E-state index is -3.81. The van der Waals surface area contributed by atoms with E-state index in [0.29, 0.717) is 30.1 Å². The number of aryl methyl sites for hydroxylation is 2. The Hall–Kier alpha value is -3.20. The van der Waals surface area contributed by atoms with Gasteiger partial charge in [0.2, 0.25) is 5.91 Å². The van der Waals surface area contributed by atoms with E-state index >= 15 is 0 Å². The maximum Gasteiger partial charge on any atom is 0.262 e. The van der Waals surface area contributed by atoms with Crippen molar-refractivity contribution in [3.63, 3.8) is 0 Å². The molecule has 0 aromatic heterocycles. The van der Waals surface area contributed by atoms with Gasteiger partial charge in [-0.25, -0.2) is 8.42 Å². The highest BCUT2D eigenvalue weighted by atomic mass is 32.2. The SMILES string of the molecule is Cc1cc(C)cc(C(=O)NCC(=O)Nc2cccc(S(=O)(=O)NC3=NCCCCC3)c2)c1. The first kappa shape index (κ1) is 23.5. The van der Waals surface area contributed by atoms with Crippen molar-refractivity contribution in [2.45, 2.75) is 44.4 Å². The van der Waals surface area contributed by atoms with Gasteiger partial charge >= 0.3 is 0 Å². The van der Waals surface area contributed by atoms with Crippen molar-refractivity contribution in [2.24, 2.45) is 4.99 Å². The molecule has 3 rings (SSSR count). The fourth-order valence-corrected chi connectivity index (χ4v) is 4.62. The number of aliphatic imine (C=N–C) groups is 1. The van der Waals surface area contributed by atoms with Crippen LogP contribution in [-0.2, 0) is 14.8 Å². The predicted octanol–water partition coefficient (Wildman–Crippen LogP) is 2.92. The molecular formula is C23H28N4O4S. The summed E-state index contributed by atoms with van der Waals surface area (Å²) >= 11 is 0. The first-order valence-electron chi connectivity index (χ1n) is 10.6. The largest absolute Gasteiger partial charge is 0.343 e. The molecule has 0 saturated heterocycles. The molecule has 2 amide bonds. The van der Waals surface area contributed by atoms with Crippen molar-refractivity contribution in [1.82, 2.24) is 10.0 Å². The van der Waals surface area contributed by atoms with Crippen LogP contribution in [-0.4, -0.2) is 39.2 Å². The maximum atomic E-state index is 12.7. The molecule has 32 heavy (non-hydrogen) atoms. The molecule has 1 heterocycles. The standard InChI is InChI=1S/C23H28N4O4S/c1-16-11-17(2)13-18(12-16)23(29)25-15-22(28)26-19-7-6-8-20(14-19)32(30,31)27-21-9-4-3-5-10-24-21/h6-8,11-14H,3-5,9-10,15H2,1-2H3,(H,24,27)(H,25,29)(H,26,28). The lowest BCUT2D eigenvalue weighted by Crippen LogP contribution is -2.33. The minimum absolute atomic E-state index is 0.0292. The Morgan fingerprint density at radius 2 is 1.75 bits per heavy atom. The van der Waals surface area contributed by atoms with Crippen LogP contribution in [0.25, 0.3) is 0 Å². The number of anilines is 1. The lowest BCUT2D eigenvalue weighted by Gasteiger charge is -2.12. The molecule has 0 aliphatic carbocycles. The first-order chi connectivity index (χ1) is 15.2. The van der Waals surface area contributed by atoms with Crippen LogP contribution in [0.15, 0.2) is 52.4 Å². The number of nitrogens with zero attached hydrogens (tertiary/aromatic N) is 1. The molecule has 2 aromatic carbocycles. The zero-order valence-corrected chi connectivity index (χ0v) is 19.1. The number of amidine groups is 1. The number of benzene rings is 2. The Kier molecular flexibility index (Phi) is 7.63. The third-order valence-corrected chi connectivity index (χ3v) is 6.33. The molecule has 0 fully saturated rings. The maximum absolute atomic E-state index is 12.7. The predicted molar refractivity (Wildman–Crippen MR) is 124 cm³/mol. The molecule has 0 bridgehead atoms. The van der Waals surface area contributed by atoms with Gasteiger partial charge in [0.1, 0.15) is 5.84 Å². The van der Waals surface area contributed by atoms with Crippen LogP contribution < -0.4 is 15.4 Å². The van der Waals surface area contributed by atoms with Crippen molar-refractivity contribution in [3.05, 3.63) is 59.2 Å². The molecule has 0 unspecified atom stereocenters. The third-order valence-electron chi connectivity index (χ3n) is 4.95. The Balaban J connectivity index is 1.60. The molecule has 3 N–H and O–H groups in total. The van der Waals surface area contributed by atoms with Crippen molar-refractivity contribution in [1.29, 1.82) is 0 Å². The molecule has 0 radical (unpaired) electrons. The molecule has 0 saturated carbocycles. The summed E-state index contributed by atoms with van der Waals surface area (Å²) in [5.41, 5.74) is 2.72. The lowest BCUT2D eigenvalue weighted by molar-refractivity contribution is -0.115. The highest BCUT2D eigenvalue weighted by molar-refractivity contribution is 7.90. The summed E-state index contributed by atoms with van der Waals surface area (Å²) in [7, 11) is -3.81. The number of nitrogens with one attached hydrogen (secondary N) is 3. The number of amides is 2. The van der Waals surface area contributed by atoms with E-state index < -0.39 is 15.9 Å². The molecule has 8 nitrogen and oxygen atoms in total. The zero-order chi connectivity index (χ0) is 23.1. The van der Waals surface area contributed by atoms with Gasteiger partial charge in [-0.2, -0.15) is 0 Å². The summed E-state index contributed by atoms with van der Waals surface area (Å²) in [6.45, 7) is 4.17. The lowest BCUT2D eigenvalue weighted by atomic mass is 10.1. The summed E-state index contributed by atoms with van der Waals surface area (Å²) in [5, 5.41) is 5.20. The van der Waals surface area contributed by atoms with E-state index in [0.717, 1.165) is 30.4 Å². The van der Waals surface area contributed by atoms with Crippen LogP contribution in [0.5, 0.6) is 0 Å². The minimum Gasteiger partial charge on any atom is -0.343 e. The van der Waals surface area contributed by atoms with E-state index in [2.05, 4.69) is 20.3 Å². The van der Waals surface area contributed by atoms with Crippen LogP contribution in [0.3, 0.4) is 0 Å². The molecule has 9 heteroatoms. The average Bonchev–Trinajstić information content (AvgIpc) is 2.99. The fraction of sp³-hybridized carbons (Fsp3) is 0.348. The second-order valence-corrected chi connectivity index (χ2v) is 9.56. The van der Waals surface area contributed by atoms with Crippen LogP contribution >= 0.6 is 0 Å². The Labute approximate surface area is 188 Å². The van der Waals surface area contributed by atoms with Gasteiger partial charge in [0, 0.05) is 24.2 Å². The van der Waals surface area contributed by atoms with E-state index in [-0.39, 0.29) is 17.3 Å². The Morgan fingerprint density at radius 1 is 1.00 bits per heavy atom. The molecule has 2 aromatic rings. The van der Waals surface area contributed by atoms with Gasteiger partial charge in [-0.05, 0) is 57.0 Å². The number of sulfonamides is 1. The quantitative estimate of drug-likeness (QED) is 0.620. The van der Waals surface area contributed by atoms with E-state index in [1.165, 1.54) is 12.1 Å². The third kappa shape index (κ3) is 6.65. The van der Waals surface area contributed by atoms with Crippen LogP contribution in [0.1, 0.15) is 47.2 Å². The van der Waals surface area contributed by atoms with Crippen molar-refractivity contribution in [2.75, 3.05) is 18.4 Å². The fourth-order valence-electron chi connectivity index (χ4n) is 3.49. The molecule has 0 atom stereocenters. The van der Waals surface area contributed by atoms with Crippen LogP contribution in [0.2, 0.25) is 0 Å². The Bertz CT molecular complexity index is 1120. The molecule has 1 aliphatic rings. The van der Waals surface area contributed by atoms with Gasteiger partial charge in [0.05, 0.1) is 11.4 Å². The normalized spacial score (nSPS) is 14.1. The van der Waals surface area contributed by atoms with Crippen molar-refractivity contribution in [3.8, 4) is 0 Å².